The number of halogens is 1. The molecule has 0 aliphatic carbocycles. The van der Waals surface area contributed by atoms with E-state index in [9.17, 15) is 9.18 Å². The molecule has 0 fully saturated rings. The number of carbonyl (C=O) groups excluding carboxylic acids is 1. The predicted octanol–water partition coefficient (Wildman–Crippen LogP) is 3.76. The van der Waals surface area contributed by atoms with E-state index in [-0.39, 0.29) is 5.69 Å². The van der Waals surface area contributed by atoms with Crippen LogP contribution in [0.5, 0.6) is 0 Å². The van der Waals surface area contributed by atoms with Crippen molar-refractivity contribution in [1.29, 1.82) is 0 Å². The highest BCUT2D eigenvalue weighted by Crippen LogP contribution is 2.19. The van der Waals surface area contributed by atoms with Crippen LogP contribution in [0.3, 0.4) is 0 Å². The fourth-order valence-corrected chi connectivity index (χ4v) is 1.63. The fourth-order valence-electron chi connectivity index (χ4n) is 1.42. The first kappa shape index (κ1) is 12.4. The lowest BCUT2D eigenvalue weighted by Gasteiger charge is -2.09. The van der Waals surface area contributed by atoms with Gasteiger partial charge in [-0.1, -0.05) is 24.3 Å². The summed E-state index contributed by atoms with van der Waals surface area (Å²) in [6.07, 6.45) is 0. The Morgan fingerprint density at radius 1 is 0.944 bits per heavy atom. The number of thiol groups is 1. The zero-order valence-electron chi connectivity index (χ0n) is 9.35. The third kappa shape index (κ3) is 3.01. The zero-order valence-corrected chi connectivity index (χ0v) is 10.2. The van der Waals surface area contributed by atoms with E-state index >= 15 is 0 Å². The highest BCUT2D eigenvalue weighted by molar-refractivity contribution is 7.80. The summed E-state index contributed by atoms with van der Waals surface area (Å²) in [4.78, 5) is 12.3. The lowest BCUT2D eigenvalue weighted by molar-refractivity contribution is 0.262. The van der Waals surface area contributed by atoms with Crippen LogP contribution in [0.15, 0.2) is 53.4 Å². The maximum Gasteiger partial charge on any atom is 0.323 e. The third-order valence-corrected chi connectivity index (χ3v) is 2.66. The summed E-state index contributed by atoms with van der Waals surface area (Å²) in [6, 6.07) is 12.5. The molecule has 0 atom stereocenters. The molecule has 0 aliphatic rings. The van der Waals surface area contributed by atoms with Crippen molar-refractivity contribution in [3.8, 4) is 0 Å². The van der Waals surface area contributed by atoms with Gasteiger partial charge in [-0.2, -0.15) is 0 Å². The van der Waals surface area contributed by atoms with Crippen LogP contribution in [0, 0.1) is 5.82 Å². The molecule has 0 spiro atoms. The van der Waals surface area contributed by atoms with Gasteiger partial charge in [-0.05, 0) is 24.3 Å². The van der Waals surface area contributed by atoms with Crippen molar-refractivity contribution in [1.82, 2.24) is 0 Å². The predicted molar refractivity (Wildman–Crippen MR) is 72.7 cm³/mol. The van der Waals surface area contributed by atoms with Gasteiger partial charge in [-0.3, -0.25) is 0 Å². The van der Waals surface area contributed by atoms with E-state index in [0.29, 0.717) is 10.6 Å². The van der Waals surface area contributed by atoms with Crippen molar-refractivity contribution in [2.24, 2.45) is 0 Å². The lowest BCUT2D eigenvalue weighted by Crippen LogP contribution is -2.20. The molecule has 2 aromatic rings. The number of hydrogen-bond acceptors (Lipinski definition) is 2. The molecule has 0 aromatic heterocycles. The van der Waals surface area contributed by atoms with Crippen molar-refractivity contribution < 1.29 is 9.18 Å². The highest BCUT2D eigenvalue weighted by Gasteiger charge is 2.07. The molecule has 0 aliphatic heterocycles. The van der Waals surface area contributed by atoms with Crippen LogP contribution in [-0.2, 0) is 0 Å². The van der Waals surface area contributed by atoms with Gasteiger partial charge in [-0.15, -0.1) is 12.6 Å². The molecule has 2 rings (SSSR count). The van der Waals surface area contributed by atoms with E-state index < -0.39 is 11.8 Å². The van der Waals surface area contributed by atoms with E-state index in [0.717, 1.165) is 0 Å². The Hall–Kier alpha value is -2.01. The quantitative estimate of drug-likeness (QED) is 0.709. The Bertz CT molecular complexity index is 525. The Balaban J connectivity index is 2.06. The average molecular weight is 262 g/mol. The summed E-state index contributed by atoms with van der Waals surface area (Å²) in [5.41, 5.74) is 0.696. The second-order valence-corrected chi connectivity index (χ2v) is 4.06. The topological polar surface area (TPSA) is 41.1 Å². The maximum atomic E-state index is 13.3. The van der Waals surface area contributed by atoms with Crippen LogP contribution in [0.2, 0.25) is 0 Å². The van der Waals surface area contributed by atoms with Gasteiger partial charge < -0.3 is 10.6 Å². The summed E-state index contributed by atoms with van der Waals surface area (Å²) in [5.74, 6) is -0.480. The molecule has 0 heterocycles. The maximum absolute atomic E-state index is 13.3. The number of carbonyl (C=O) groups is 1. The van der Waals surface area contributed by atoms with Crippen molar-refractivity contribution in [2.45, 2.75) is 4.90 Å². The number of benzene rings is 2. The molecular weight excluding hydrogens is 251 g/mol. The number of hydrogen-bond donors (Lipinski definition) is 3. The summed E-state index contributed by atoms with van der Waals surface area (Å²) in [7, 11) is 0. The van der Waals surface area contributed by atoms with Gasteiger partial charge in [0.2, 0.25) is 0 Å². The van der Waals surface area contributed by atoms with Crippen molar-refractivity contribution in [2.75, 3.05) is 10.6 Å². The number of amides is 2. The molecule has 0 saturated heterocycles. The van der Waals surface area contributed by atoms with E-state index in [1.165, 1.54) is 12.1 Å². The van der Waals surface area contributed by atoms with Crippen LogP contribution in [0.25, 0.3) is 0 Å². The minimum Gasteiger partial charge on any atom is -0.307 e. The molecule has 2 amide bonds. The summed E-state index contributed by atoms with van der Waals surface area (Å²) in [6.45, 7) is 0. The average Bonchev–Trinajstić information content (AvgIpc) is 2.35. The van der Waals surface area contributed by atoms with Crippen LogP contribution in [0.4, 0.5) is 20.6 Å². The van der Waals surface area contributed by atoms with Crippen LogP contribution in [0.1, 0.15) is 0 Å². The molecule has 18 heavy (non-hydrogen) atoms. The van der Waals surface area contributed by atoms with Crippen molar-refractivity contribution in [3.63, 3.8) is 0 Å². The van der Waals surface area contributed by atoms with E-state index in [2.05, 4.69) is 23.3 Å². The van der Waals surface area contributed by atoms with Crippen molar-refractivity contribution in [3.05, 3.63) is 54.3 Å². The standard InChI is InChI=1S/C13H11FN2OS/c14-9-5-1-2-6-10(9)15-13(17)16-11-7-3-4-8-12(11)18/h1-8,18H,(H2,15,16,17). The minimum absolute atomic E-state index is 0.131. The molecule has 0 bridgehead atoms. The normalized spacial score (nSPS) is 9.89. The van der Waals surface area contributed by atoms with E-state index in [1.807, 2.05) is 6.07 Å². The van der Waals surface area contributed by atoms with Crippen LogP contribution < -0.4 is 10.6 Å². The molecule has 2 aromatic carbocycles. The number of para-hydroxylation sites is 2. The van der Waals surface area contributed by atoms with Gasteiger partial charge in [0.25, 0.3) is 0 Å². The summed E-state index contributed by atoms with van der Waals surface area (Å²) >= 11 is 4.20. The van der Waals surface area contributed by atoms with Crippen molar-refractivity contribution >= 4 is 30.0 Å². The second kappa shape index (κ2) is 5.55. The molecule has 5 heteroatoms. The lowest BCUT2D eigenvalue weighted by atomic mass is 10.3. The smallest absolute Gasteiger partial charge is 0.307 e. The van der Waals surface area contributed by atoms with Gasteiger partial charge in [0.15, 0.2) is 0 Å². The Morgan fingerprint density at radius 2 is 1.50 bits per heavy atom. The Morgan fingerprint density at radius 3 is 2.17 bits per heavy atom. The number of rotatable bonds is 2. The van der Waals surface area contributed by atoms with Crippen LogP contribution in [-0.4, -0.2) is 6.03 Å². The largest absolute Gasteiger partial charge is 0.323 e. The monoisotopic (exact) mass is 262 g/mol. The first-order valence-corrected chi connectivity index (χ1v) is 5.72. The summed E-state index contributed by atoms with van der Waals surface area (Å²) < 4.78 is 13.3. The molecule has 0 saturated carbocycles. The van der Waals surface area contributed by atoms with Crippen LogP contribution >= 0.6 is 12.6 Å². The summed E-state index contributed by atoms with van der Waals surface area (Å²) in [5, 5.41) is 5.02. The number of nitrogens with one attached hydrogen (secondary N) is 2. The van der Waals surface area contributed by atoms with E-state index in [1.54, 1.807) is 30.3 Å². The zero-order chi connectivity index (χ0) is 13.0. The third-order valence-electron chi connectivity index (χ3n) is 2.27. The molecule has 3 nitrogen and oxygen atoms in total. The Kier molecular flexibility index (Phi) is 3.84. The van der Waals surface area contributed by atoms with Gasteiger partial charge in [0.05, 0.1) is 11.4 Å². The molecule has 2 N–H and O–H groups in total. The second-order valence-electron chi connectivity index (χ2n) is 3.58. The molecule has 0 unspecified atom stereocenters. The number of urea groups is 1. The van der Waals surface area contributed by atoms with Gasteiger partial charge >= 0.3 is 6.03 Å². The SMILES string of the molecule is O=C(Nc1ccccc1F)Nc1ccccc1S. The first-order chi connectivity index (χ1) is 8.66. The molecular formula is C13H11FN2OS. The fraction of sp³-hybridized carbons (Fsp3) is 0. The molecule has 0 radical (unpaired) electrons. The van der Waals surface area contributed by atoms with Gasteiger partial charge in [-0.25, -0.2) is 9.18 Å². The Labute approximate surface area is 109 Å². The minimum atomic E-state index is -0.512. The number of anilines is 2. The molecule has 92 valence electrons. The van der Waals surface area contributed by atoms with Gasteiger partial charge in [0, 0.05) is 4.90 Å². The first-order valence-electron chi connectivity index (χ1n) is 5.27. The highest BCUT2D eigenvalue weighted by atomic mass is 32.1. The van der Waals surface area contributed by atoms with E-state index in [4.69, 9.17) is 0 Å². The van der Waals surface area contributed by atoms with Gasteiger partial charge in [0.1, 0.15) is 5.82 Å².